The Balaban J connectivity index is 1.28. The van der Waals surface area contributed by atoms with Crippen LogP contribution in [0.1, 0.15) is 23.3 Å². The van der Waals surface area contributed by atoms with Crippen LogP contribution in [0.2, 0.25) is 0 Å². The summed E-state index contributed by atoms with van der Waals surface area (Å²) < 4.78 is 17.5. The van der Waals surface area contributed by atoms with E-state index in [0.717, 1.165) is 66.6 Å². The fourth-order valence-electron chi connectivity index (χ4n) is 3.73. The zero-order valence-electron chi connectivity index (χ0n) is 18.3. The summed E-state index contributed by atoms with van der Waals surface area (Å²) in [5.74, 6) is 3.13. The molecular formula is C25H31N3O3. The van der Waals surface area contributed by atoms with E-state index in [2.05, 4.69) is 52.9 Å². The minimum Gasteiger partial charge on any atom is -0.493 e. The fraction of sp³-hybridized carbons (Fsp3) is 0.400. The van der Waals surface area contributed by atoms with Crippen LogP contribution in [-0.2, 0) is 17.7 Å². The van der Waals surface area contributed by atoms with Gasteiger partial charge in [-0.1, -0.05) is 30.3 Å². The maximum Gasteiger partial charge on any atom is 0.191 e. The van der Waals surface area contributed by atoms with Crippen LogP contribution in [0.4, 0.5) is 0 Å². The molecule has 1 unspecified atom stereocenters. The van der Waals surface area contributed by atoms with Gasteiger partial charge in [0.15, 0.2) is 5.96 Å². The van der Waals surface area contributed by atoms with E-state index in [1.54, 1.807) is 7.05 Å². The van der Waals surface area contributed by atoms with Crippen LogP contribution < -0.4 is 15.4 Å². The molecule has 31 heavy (non-hydrogen) atoms. The third kappa shape index (κ3) is 5.79. The summed E-state index contributed by atoms with van der Waals surface area (Å²) in [5.41, 5.74) is 3.23. The number of nitrogens with one attached hydrogen (secondary N) is 2. The quantitative estimate of drug-likeness (QED) is 0.424. The molecule has 2 aromatic carbocycles. The van der Waals surface area contributed by atoms with Crippen LogP contribution >= 0.6 is 0 Å². The number of rotatable bonds is 8. The molecule has 0 saturated carbocycles. The van der Waals surface area contributed by atoms with Crippen LogP contribution in [0.5, 0.6) is 5.75 Å². The van der Waals surface area contributed by atoms with Gasteiger partial charge in [-0.15, -0.1) is 0 Å². The number of aryl methyl sites for hydroxylation is 1. The van der Waals surface area contributed by atoms with Crippen LogP contribution in [0, 0.1) is 12.8 Å². The molecule has 1 saturated heterocycles. The van der Waals surface area contributed by atoms with Crippen molar-refractivity contribution in [3.8, 4) is 5.75 Å². The van der Waals surface area contributed by atoms with E-state index in [0.29, 0.717) is 19.1 Å². The monoisotopic (exact) mass is 421 g/mol. The molecule has 6 nitrogen and oxygen atoms in total. The van der Waals surface area contributed by atoms with E-state index in [-0.39, 0.29) is 0 Å². The third-order valence-corrected chi connectivity index (χ3v) is 5.53. The summed E-state index contributed by atoms with van der Waals surface area (Å²) in [5, 5.41) is 7.89. The van der Waals surface area contributed by atoms with Crippen molar-refractivity contribution in [1.82, 2.24) is 10.6 Å². The summed E-state index contributed by atoms with van der Waals surface area (Å²) in [6.07, 6.45) is 1.86. The maximum absolute atomic E-state index is 6.14. The molecule has 3 aromatic rings. The van der Waals surface area contributed by atoms with Crippen molar-refractivity contribution in [2.75, 3.05) is 33.4 Å². The molecule has 1 aliphatic rings. The molecule has 4 rings (SSSR count). The number of para-hydroxylation sites is 1. The lowest BCUT2D eigenvalue weighted by Gasteiger charge is -2.17. The van der Waals surface area contributed by atoms with E-state index >= 15 is 0 Å². The first-order valence-electron chi connectivity index (χ1n) is 10.9. The van der Waals surface area contributed by atoms with Gasteiger partial charge in [0.1, 0.15) is 17.1 Å². The maximum atomic E-state index is 6.14. The lowest BCUT2D eigenvalue weighted by molar-refractivity contribution is 0.166. The molecular weight excluding hydrogens is 390 g/mol. The molecule has 6 heteroatoms. The van der Waals surface area contributed by atoms with Gasteiger partial charge in [0.25, 0.3) is 0 Å². The Morgan fingerprint density at radius 1 is 1.16 bits per heavy atom. The van der Waals surface area contributed by atoms with Crippen molar-refractivity contribution in [3.05, 3.63) is 65.4 Å². The molecule has 0 radical (unpaired) electrons. The molecule has 1 aromatic heterocycles. The number of ether oxygens (including phenoxy) is 2. The first-order chi connectivity index (χ1) is 15.2. The van der Waals surface area contributed by atoms with E-state index in [4.69, 9.17) is 13.9 Å². The van der Waals surface area contributed by atoms with Gasteiger partial charge in [0.05, 0.1) is 13.2 Å². The highest BCUT2D eigenvalue weighted by Gasteiger charge is 2.17. The second kappa shape index (κ2) is 10.4. The molecule has 0 bridgehead atoms. The largest absolute Gasteiger partial charge is 0.493 e. The van der Waals surface area contributed by atoms with Gasteiger partial charge < -0.3 is 24.5 Å². The first kappa shape index (κ1) is 21.2. The smallest absolute Gasteiger partial charge is 0.191 e. The average molecular weight is 422 g/mol. The number of nitrogens with zero attached hydrogens (tertiary/aromatic N) is 1. The van der Waals surface area contributed by atoms with Gasteiger partial charge in [0.2, 0.25) is 0 Å². The molecule has 0 aliphatic carbocycles. The standard InChI is InChI=1S/C25H31N3O3/c1-18-7-8-21(24(13-18)30-17-19-10-12-29-16-19)15-28-25(26-2)27-11-9-22-14-20-5-3-4-6-23(20)31-22/h3-8,13-14,19H,9-12,15-17H2,1-2H3,(H2,26,27,28). The van der Waals surface area contributed by atoms with Gasteiger partial charge in [-0.3, -0.25) is 4.99 Å². The van der Waals surface area contributed by atoms with Crippen molar-refractivity contribution in [2.45, 2.75) is 26.3 Å². The van der Waals surface area contributed by atoms with E-state index in [1.807, 2.05) is 18.2 Å². The molecule has 2 N–H and O–H groups in total. The second-order valence-electron chi connectivity index (χ2n) is 8.00. The predicted octanol–water partition coefficient (Wildman–Crippen LogP) is 4.06. The minimum atomic E-state index is 0.481. The van der Waals surface area contributed by atoms with E-state index in [1.165, 1.54) is 5.56 Å². The molecule has 1 atom stereocenters. The number of hydrogen-bond acceptors (Lipinski definition) is 4. The van der Waals surface area contributed by atoms with Crippen molar-refractivity contribution >= 4 is 16.9 Å². The highest BCUT2D eigenvalue weighted by molar-refractivity contribution is 5.80. The summed E-state index contributed by atoms with van der Waals surface area (Å²) in [4.78, 5) is 4.34. The van der Waals surface area contributed by atoms with Crippen molar-refractivity contribution in [2.24, 2.45) is 10.9 Å². The summed E-state index contributed by atoms with van der Waals surface area (Å²) in [6, 6.07) is 16.5. The Morgan fingerprint density at radius 3 is 2.87 bits per heavy atom. The van der Waals surface area contributed by atoms with Gasteiger partial charge >= 0.3 is 0 Å². The van der Waals surface area contributed by atoms with Gasteiger partial charge in [0, 0.05) is 50.0 Å². The van der Waals surface area contributed by atoms with Crippen molar-refractivity contribution in [1.29, 1.82) is 0 Å². The van der Waals surface area contributed by atoms with Gasteiger partial charge in [-0.2, -0.15) is 0 Å². The Hall–Kier alpha value is -2.99. The Labute approximate surface area is 183 Å². The third-order valence-electron chi connectivity index (χ3n) is 5.53. The Morgan fingerprint density at radius 2 is 2.06 bits per heavy atom. The molecule has 1 aliphatic heterocycles. The zero-order valence-corrected chi connectivity index (χ0v) is 18.3. The fourth-order valence-corrected chi connectivity index (χ4v) is 3.73. The van der Waals surface area contributed by atoms with Gasteiger partial charge in [-0.25, -0.2) is 0 Å². The molecule has 2 heterocycles. The molecule has 0 amide bonds. The summed E-state index contributed by atoms with van der Waals surface area (Å²) in [6.45, 7) is 5.79. The van der Waals surface area contributed by atoms with Crippen LogP contribution in [0.25, 0.3) is 11.0 Å². The lowest BCUT2D eigenvalue weighted by Crippen LogP contribution is -2.37. The van der Waals surface area contributed by atoms with E-state index < -0.39 is 0 Å². The number of guanidine groups is 1. The van der Waals surface area contributed by atoms with Crippen molar-refractivity contribution < 1.29 is 13.9 Å². The molecule has 0 spiro atoms. The topological polar surface area (TPSA) is 68.0 Å². The van der Waals surface area contributed by atoms with Crippen LogP contribution in [0.3, 0.4) is 0 Å². The number of aliphatic imine (C=N–C) groups is 1. The summed E-state index contributed by atoms with van der Waals surface area (Å²) >= 11 is 0. The average Bonchev–Trinajstić information content (AvgIpc) is 3.45. The number of fused-ring (bicyclic) bond motifs is 1. The van der Waals surface area contributed by atoms with Crippen LogP contribution in [0.15, 0.2) is 57.9 Å². The first-order valence-corrected chi connectivity index (χ1v) is 10.9. The summed E-state index contributed by atoms with van der Waals surface area (Å²) in [7, 11) is 1.78. The second-order valence-corrected chi connectivity index (χ2v) is 8.00. The van der Waals surface area contributed by atoms with Gasteiger partial charge in [-0.05, 0) is 37.1 Å². The van der Waals surface area contributed by atoms with Crippen molar-refractivity contribution in [3.63, 3.8) is 0 Å². The Kier molecular flexibility index (Phi) is 7.10. The number of furan rings is 1. The lowest BCUT2D eigenvalue weighted by atomic mass is 10.1. The Bertz CT molecular complexity index is 989. The highest BCUT2D eigenvalue weighted by Crippen LogP contribution is 2.23. The van der Waals surface area contributed by atoms with E-state index in [9.17, 15) is 0 Å². The molecule has 1 fully saturated rings. The minimum absolute atomic E-state index is 0.481. The predicted molar refractivity (Wildman–Crippen MR) is 124 cm³/mol. The van der Waals surface area contributed by atoms with Crippen LogP contribution in [-0.4, -0.2) is 39.4 Å². The molecule has 164 valence electrons. The highest BCUT2D eigenvalue weighted by atomic mass is 16.5. The normalized spacial score (nSPS) is 16.6. The SMILES string of the molecule is CN=C(NCCc1cc2ccccc2o1)NCc1ccc(C)cc1OCC1CCOC1. The number of benzene rings is 2. The number of hydrogen-bond donors (Lipinski definition) is 2. The zero-order chi connectivity index (χ0) is 21.5.